The molecule has 4 aromatic rings. The number of H-pyrrole nitrogens is 1. The Balaban J connectivity index is 2.22. The highest BCUT2D eigenvalue weighted by molar-refractivity contribution is 6.19. The standard InChI is InChI=1S/C20H18N4O3/c1-24(2)18(19(21)25)11-7-5-9-13-14(11)15(20(26)27)17-16(23-13)10-6-3-4-8-12(10)22-17/h3-9,18,22H,1-2H3,(H2,21,25)(H,26,27). The predicted octanol–water partition coefficient (Wildman–Crippen LogP) is 2.66. The number of fused-ring (bicyclic) bond motifs is 4. The number of benzene rings is 2. The van der Waals surface area contributed by atoms with Gasteiger partial charge >= 0.3 is 5.97 Å². The van der Waals surface area contributed by atoms with Gasteiger partial charge in [-0.3, -0.25) is 9.69 Å². The largest absolute Gasteiger partial charge is 0.478 e. The molecule has 0 bridgehead atoms. The molecule has 0 aliphatic heterocycles. The summed E-state index contributed by atoms with van der Waals surface area (Å²) < 4.78 is 0. The number of aromatic nitrogens is 2. The molecule has 7 nitrogen and oxygen atoms in total. The zero-order valence-corrected chi connectivity index (χ0v) is 14.9. The lowest BCUT2D eigenvalue weighted by molar-refractivity contribution is -0.122. The maximum absolute atomic E-state index is 12.2. The quantitative estimate of drug-likeness (QED) is 0.517. The summed E-state index contributed by atoms with van der Waals surface area (Å²) in [5.74, 6) is -1.64. The third-order valence-corrected chi connectivity index (χ3v) is 4.78. The molecule has 0 fully saturated rings. The van der Waals surface area contributed by atoms with Gasteiger partial charge in [-0.15, -0.1) is 0 Å². The topological polar surface area (TPSA) is 112 Å². The van der Waals surface area contributed by atoms with Crippen molar-refractivity contribution in [2.24, 2.45) is 5.73 Å². The van der Waals surface area contributed by atoms with Gasteiger partial charge in [0.25, 0.3) is 0 Å². The van der Waals surface area contributed by atoms with E-state index in [0.717, 1.165) is 10.9 Å². The van der Waals surface area contributed by atoms with Crippen LogP contribution in [0, 0.1) is 0 Å². The first-order valence-corrected chi connectivity index (χ1v) is 8.42. The molecular formula is C20H18N4O3. The number of para-hydroxylation sites is 1. The number of primary amides is 1. The van der Waals surface area contributed by atoms with Crippen LogP contribution in [0.1, 0.15) is 22.0 Å². The minimum atomic E-state index is -1.09. The Kier molecular flexibility index (Phi) is 3.82. The molecule has 1 unspecified atom stereocenters. The molecule has 0 saturated carbocycles. The van der Waals surface area contributed by atoms with Gasteiger partial charge in [0.1, 0.15) is 6.04 Å². The summed E-state index contributed by atoms with van der Waals surface area (Å²) in [7, 11) is 3.45. The number of aromatic amines is 1. The number of rotatable bonds is 4. The van der Waals surface area contributed by atoms with Crippen molar-refractivity contribution in [3.63, 3.8) is 0 Å². The summed E-state index contributed by atoms with van der Waals surface area (Å²) in [4.78, 5) is 33.9. The molecule has 4 rings (SSSR count). The van der Waals surface area contributed by atoms with E-state index in [1.807, 2.05) is 24.3 Å². The van der Waals surface area contributed by atoms with Crippen LogP contribution < -0.4 is 5.73 Å². The number of pyridine rings is 1. The van der Waals surface area contributed by atoms with E-state index in [-0.39, 0.29) is 5.56 Å². The van der Waals surface area contributed by atoms with Crippen LogP contribution >= 0.6 is 0 Å². The molecule has 7 heteroatoms. The first-order valence-electron chi connectivity index (χ1n) is 8.42. The summed E-state index contributed by atoms with van der Waals surface area (Å²) >= 11 is 0. The van der Waals surface area contributed by atoms with Crippen LogP contribution in [-0.2, 0) is 4.79 Å². The number of aromatic carboxylic acids is 1. The predicted molar refractivity (Wildman–Crippen MR) is 104 cm³/mol. The number of nitrogens with zero attached hydrogens (tertiary/aromatic N) is 2. The average Bonchev–Trinajstić information content (AvgIpc) is 2.97. The molecule has 2 aromatic carbocycles. The van der Waals surface area contributed by atoms with Crippen molar-refractivity contribution >= 4 is 44.7 Å². The Morgan fingerprint density at radius 3 is 2.56 bits per heavy atom. The number of likely N-dealkylation sites (N-methyl/N-ethyl adjacent to an activating group) is 1. The molecule has 4 N–H and O–H groups in total. The Morgan fingerprint density at radius 1 is 1.15 bits per heavy atom. The zero-order chi connectivity index (χ0) is 19.3. The van der Waals surface area contributed by atoms with E-state index in [1.54, 1.807) is 37.2 Å². The van der Waals surface area contributed by atoms with Crippen LogP contribution in [0.4, 0.5) is 0 Å². The lowest BCUT2D eigenvalue weighted by Crippen LogP contribution is -2.33. The molecule has 2 heterocycles. The summed E-state index contributed by atoms with van der Waals surface area (Å²) in [5, 5.41) is 11.3. The van der Waals surface area contributed by atoms with Crippen LogP contribution in [0.3, 0.4) is 0 Å². The van der Waals surface area contributed by atoms with Crippen molar-refractivity contribution in [3.8, 4) is 0 Å². The molecule has 27 heavy (non-hydrogen) atoms. The molecule has 0 spiro atoms. The highest BCUT2D eigenvalue weighted by Gasteiger charge is 2.27. The number of amides is 1. The first kappa shape index (κ1) is 17.0. The van der Waals surface area contributed by atoms with Gasteiger partial charge in [-0.2, -0.15) is 0 Å². The molecule has 136 valence electrons. The van der Waals surface area contributed by atoms with E-state index in [9.17, 15) is 14.7 Å². The second-order valence-electron chi connectivity index (χ2n) is 6.70. The number of carboxylic acid groups (broad SMARTS) is 1. The second-order valence-corrected chi connectivity index (χ2v) is 6.70. The Bertz CT molecular complexity index is 1230. The molecule has 0 saturated heterocycles. The van der Waals surface area contributed by atoms with E-state index < -0.39 is 17.9 Å². The molecule has 1 amide bonds. The van der Waals surface area contributed by atoms with Crippen LogP contribution in [0.15, 0.2) is 42.5 Å². The van der Waals surface area contributed by atoms with E-state index in [2.05, 4.69) is 4.98 Å². The lowest BCUT2D eigenvalue weighted by Gasteiger charge is -2.23. The van der Waals surface area contributed by atoms with Crippen LogP contribution in [-0.4, -0.2) is 45.9 Å². The monoisotopic (exact) mass is 362 g/mol. The summed E-state index contributed by atoms with van der Waals surface area (Å²) in [6.45, 7) is 0. The van der Waals surface area contributed by atoms with Crippen molar-refractivity contribution in [3.05, 3.63) is 53.6 Å². The van der Waals surface area contributed by atoms with Crippen molar-refractivity contribution in [1.29, 1.82) is 0 Å². The van der Waals surface area contributed by atoms with Crippen molar-refractivity contribution in [2.45, 2.75) is 6.04 Å². The van der Waals surface area contributed by atoms with E-state index in [0.29, 0.717) is 27.5 Å². The fourth-order valence-corrected chi connectivity index (χ4v) is 3.72. The van der Waals surface area contributed by atoms with Crippen LogP contribution in [0.25, 0.3) is 32.8 Å². The van der Waals surface area contributed by atoms with Crippen LogP contribution in [0.2, 0.25) is 0 Å². The van der Waals surface area contributed by atoms with Gasteiger partial charge in [-0.05, 0) is 31.8 Å². The highest BCUT2D eigenvalue weighted by Crippen LogP contribution is 2.35. The number of carbonyl (C=O) groups is 2. The number of hydrogen-bond acceptors (Lipinski definition) is 4. The third kappa shape index (κ3) is 2.51. The number of carboxylic acids is 1. The smallest absolute Gasteiger partial charge is 0.338 e. The fraction of sp³-hybridized carbons (Fsp3) is 0.150. The van der Waals surface area contributed by atoms with Crippen molar-refractivity contribution in [2.75, 3.05) is 14.1 Å². The van der Waals surface area contributed by atoms with Gasteiger partial charge in [0.2, 0.25) is 5.91 Å². The number of nitrogens with one attached hydrogen (secondary N) is 1. The molecule has 1 atom stereocenters. The van der Waals surface area contributed by atoms with Gasteiger partial charge in [-0.1, -0.05) is 30.3 Å². The normalized spacial score (nSPS) is 12.9. The Morgan fingerprint density at radius 2 is 1.89 bits per heavy atom. The van der Waals surface area contributed by atoms with Gasteiger partial charge < -0.3 is 15.8 Å². The minimum Gasteiger partial charge on any atom is -0.478 e. The van der Waals surface area contributed by atoms with Crippen molar-refractivity contribution in [1.82, 2.24) is 14.9 Å². The average molecular weight is 362 g/mol. The summed E-state index contributed by atoms with van der Waals surface area (Å²) in [6, 6.07) is 12.0. The number of carbonyl (C=O) groups excluding carboxylic acids is 1. The van der Waals surface area contributed by atoms with Gasteiger partial charge in [-0.25, -0.2) is 9.78 Å². The minimum absolute atomic E-state index is 0.0925. The second kappa shape index (κ2) is 6.07. The molecule has 2 aromatic heterocycles. The third-order valence-electron chi connectivity index (χ3n) is 4.78. The SMILES string of the molecule is CN(C)C(C(N)=O)c1cccc2nc3c([nH]c4ccccc43)c(C(=O)O)c12. The summed E-state index contributed by atoms with van der Waals surface area (Å²) in [5.41, 5.74) is 8.56. The van der Waals surface area contributed by atoms with Crippen LogP contribution in [0.5, 0.6) is 0 Å². The molecule has 0 aliphatic carbocycles. The van der Waals surface area contributed by atoms with Gasteiger partial charge in [0.15, 0.2) is 0 Å². The van der Waals surface area contributed by atoms with E-state index in [4.69, 9.17) is 10.7 Å². The maximum Gasteiger partial charge on any atom is 0.338 e. The van der Waals surface area contributed by atoms with Gasteiger partial charge in [0, 0.05) is 16.3 Å². The van der Waals surface area contributed by atoms with E-state index in [1.165, 1.54) is 0 Å². The first-order chi connectivity index (χ1) is 12.9. The molecular weight excluding hydrogens is 344 g/mol. The van der Waals surface area contributed by atoms with Gasteiger partial charge in [0.05, 0.1) is 22.1 Å². The van der Waals surface area contributed by atoms with Crippen molar-refractivity contribution < 1.29 is 14.7 Å². The Labute approximate surface area is 154 Å². The maximum atomic E-state index is 12.2. The Hall–Kier alpha value is -3.45. The van der Waals surface area contributed by atoms with E-state index >= 15 is 0 Å². The summed E-state index contributed by atoms with van der Waals surface area (Å²) in [6.07, 6.45) is 0. The number of hydrogen-bond donors (Lipinski definition) is 3. The lowest BCUT2D eigenvalue weighted by atomic mass is 9.95. The zero-order valence-electron chi connectivity index (χ0n) is 14.9. The number of nitrogens with two attached hydrogens (primary N) is 1. The molecule has 0 radical (unpaired) electrons. The highest BCUT2D eigenvalue weighted by atomic mass is 16.4. The fourth-order valence-electron chi connectivity index (χ4n) is 3.72. The molecule has 0 aliphatic rings.